The summed E-state index contributed by atoms with van der Waals surface area (Å²) in [6.45, 7) is 5.42. The number of pyridine rings is 1. The largest absolute Gasteiger partial charge is 0.396 e. The molecule has 19 heavy (non-hydrogen) atoms. The number of nitrogen functional groups attached to an aromatic ring is 1. The van der Waals surface area contributed by atoms with Crippen molar-refractivity contribution in [3.63, 3.8) is 0 Å². The number of nitrogens with two attached hydrogens (primary N) is 1. The van der Waals surface area contributed by atoms with Gasteiger partial charge in [0.2, 0.25) is 0 Å². The summed E-state index contributed by atoms with van der Waals surface area (Å²) in [5, 5.41) is 6.79. The van der Waals surface area contributed by atoms with Crippen LogP contribution < -0.4 is 11.1 Å². The topological polar surface area (TPSA) is 94.0 Å². The second-order valence-electron chi connectivity index (χ2n) is 4.42. The zero-order chi connectivity index (χ0) is 14.0. The number of anilines is 2. The van der Waals surface area contributed by atoms with E-state index in [1.165, 1.54) is 6.92 Å². The molecule has 2 heterocycles. The molecule has 2 aromatic heterocycles. The number of nitrogens with zero attached hydrogens (tertiary/aromatic N) is 2. The quantitative estimate of drug-likeness (QED) is 0.872. The number of rotatable bonds is 4. The third-order valence-corrected chi connectivity index (χ3v) is 2.74. The van der Waals surface area contributed by atoms with Crippen LogP contribution in [0.25, 0.3) is 11.1 Å². The number of aryl methyl sites for hydroxylation is 2. The Balaban J connectivity index is 2.31. The number of hydrogen-bond donors (Lipinski definition) is 2. The first kappa shape index (κ1) is 13.1. The van der Waals surface area contributed by atoms with Gasteiger partial charge in [-0.2, -0.15) is 0 Å². The maximum absolute atomic E-state index is 10.9. The first-order valence-electron chi connectivity index (χ1n) is 5.91. The van der Waals surface area contributed by atoms with Crippen LogP contribution in [0, 0.1) is 13.8 Å². The molecule has 0 aromatic carbocycles. The van der Waals surface area contributed by atoms with Crippen LogP contribution in [-0.4, -0.2) is 22.5 Å². The van der Waals surface area contributed by atoms with Gasteiger partial charge >= 0.3 is 0 Å². The molecule has 0 radical (unpaired) electrons. The fourth-order valence-corrected chi connectivity index (χ4v) is 1.87. The van der Waals surface area contributed by atoms with Crippen molar-refractivity contribution in [2.75, 3.05) is 17.6 Å². The zero-order valence-electron chi connectivity index (χ0n) is 11.2. The highest BCUT2D eigenvalue weighted by atomic mass is 16.5. The van der Waals surface area contributed by atoms with Gasteiger partial charge in [0.1, 0.15) is 17.4 Å². The molecule has 2 aromatic rings. The minimum atomic E-state index is 0.0241. The Morgan fingerprint density at radius 3 is 2.74 bits per heavy atom. The van der Waals surface area contributed by atoms with Crippen molar-refractivity contribution < 1.29 is 9.32 Å². The minimum Gasteiger partial charge on any atom is -0.396 e. The van der Waals surface area contributed by atoms with E-state index in [9.17, 15) is 4.79 Å². The fraction of sp³-hybridized carbons (Fsp3) is 0.308. The molecule has 0 aliphatic heterocycles. The van der Waals surface area contributed by atoms with Gasteiger partial charge in [-0.1, -0.05) is 5.16 Å². The summed E-state index contributed by atoms with van der Waals surface area (Å²) in [5.74, 6) is 1.25. The van der Waals surface area contributed by atoms with E-state index in [-0.39, 0.29) is 12.3 Å². The molecule has 2 rings (SSSR count). The number of carbonyl (C=O) groups is 1. The van der Waals surface area contributed by atoms with Gasteiger partial charge in [0.25, 0.3) is 0 Å². The van der Waals surface area contributed by atoms with Crippen LogP contribution in [0.4, 0.5) is 11.5 Å². The Labute approximate surface area is 111 Å². The molecule has 0 spiro atoms. The average molecular weight is 260 g/mol. The Hall–Kier alpha value is -2.37. The van der Waals surface area contributed by atoms with Crippen LogP contribution in [0.2, 0.25) is 0 Å². The maximum Gasteiger partial charge on any atom is 0.149 e. The van der Waals surface area contributed by atoms with Crippen molar-refractivity contribution >= 4 is 17.3 Å². The van der Waals surface area contributed by atoms with Crippen molar-refractivity contribution in [3.05, 3.63) is 23.7 Å². The summed E-state index contributed by atoms with van der Waals surface area (Å²) >= 11 is 0. The molecule has 0 aliphatic rings. The monoisotopic (exact) mass is 260 g/mol. The smallest absolute Gasteiger partial charge is 0.149 e. The van der Waals surface area contributed by atoms with Crippen molar-refractivity contribution in [1.82, 2.24) is 10.1 Å². The second kappa shape index (κ2) is 5.09. The molecule has 0 saturated heterocycles. The van der Waals surface area contributed by atoms with E-state index in [2.05, 4.69) is 15.5 Å². The third kappa shape index (κ3) is 2.73. The lowest BCUT2D eigenvalue weighted by molar-refractivity contribution is -0.115. The standard InChI is InChI=1S/C13H16N4O2/c1-7(18)5-15-13-11(14)4-10(6-16-13)12-8(2)17-19-9(12)3/h4,6H,5,14H2,1-3H3,(H,15,16). The highest BCUT2D eigenvalue weighted by Gasteiger charge is 2.13. The predicted molar refractivity (Wildman–Crippen MR) is 72.8 cm³/mol. The molecule has 0 fully saturated rings. The highest BCUT2D eigenvalue weighted by molar-refractivity contribution is 5.82. The van der Waals surface area contributed by atoms with E-state index in [0.29, 0.717) is 11.5 Å². The minimum absolute atomic E-state index is 0.0241. The third-order valence-electron chi connectivity index (χ3n) is 2.74. The first-order chi connectivity index (χ1) is 8.99. The van der Waals surface area contributed by atoms with Crippen LogP contribution in [0.3, 0.4) is 0 Å². The lowest BCUT2D eigenvalue weighted by Crippen LogP contribution is -2.12. The lowest BCUT2D eigenvalue weighted by atomic mass is 10.1. The van der Waals surface area contributed by atoms with Crippen molar-refractivity contribution in [1.29, 1.82) is 0 Å². The van der Waals surface area contributed by atoms with Crippen molar-refractivity contribution in [3.8, 4) is 11.1 Å². The number of ketones is 1. The summed E-state index contributed by atoms with van der Waals surface area (Å²) in [7, 11) is 0. The average Bonchev–Trinajstić information content (AvgIpc) is 2.67. The van der Waals surface area contributed by atoms with Crippen LogP contribution in [-0.2, 0) is 4.79 Å². The Kier molecular flexibility index (Phi) is 3.50. The van der Waals surface area contributed by atoms with Crippen molar-refractivity contribution in [2.45, 2.75) is 20.8 Å². The molecule has 6 nitrogen and oxygen atoms in total. The van der Waals surface area contributed by atoms with Crippen LogP contribution in [0.1, 0.15) is 18.4 Å². The SMILES string of the molecule is CC(=O)CNc1ncc(-c2c(C)noc2C)cc1N. The van der Waals surface area contributed by atoms with Gasteiger partial charge in [0, 0.05) is 17.3 Å². The molecule has 0 aliphatic carbocycles. The maximum atomic E-state index is 10.9. The van der Waals surface area contributed by atoms with Gasteiger partial charge < -0.3 is 15.6 Å². The summed E-state index contributed by atoms with van der Waals surface area (Å²) < 4.78 is 5.12. The number of carbonyl (C=O) groups excluding carboxylic acids is 1. The van der Waals surface area contributed by atoms with Gasteiger partial charge in [-0.05, 0) is 26.8 Å². The van der Waals surface area contributed by atoms with E-state index in [0.717, 1.165) is 22.6 Å². The van der Waals surface area contributed by atoms with Gasteiger partial charge in [-0.15, -0.1) is 0 Å². The fourth-order valence-electron chi connectivity index (χ4n) is 1.87. The van der Waals surface area contributed by atoms with E-state index < -0.39 is 0 Å². The number of nitrogens with one attached hydrogen (secondary N) is 1. The molecule has 6 heteroatoms. The number of hydrogen-bond acceptors (Lipinski definition) is 6. The van der Waals surface area contributed by atoms with E-state index >= 15 is 0 Å². The molecule has 0 amide bonds. The van der Waals surface area contributed by atoms with Gasteiger partial charge in [-0.3, -0.25) is 4.79 Å². The van der Waals surface area contributed by atoms with Crippen LogP contribution in [0.5, 0.6) is 0 Å². The summed E-state index contributed by atoms with van der Waals surface area (Å²) in [4.78, 5) is 15.2. The second-order valence-corrected chi connectivity index (χ2v) is 4.42. The molecule has 0 unspecified atom stereocenters. The first-order valence-corrected chi connectivity index (χ1v) is 5.91. The summed E-state index contributed by atoms with van der Waals surface area (Å²) in [5.41, 5.74) is 8.96. The van der Waals surface area contributed by atoms with Gasteiger partial charge in [-0.25, -0.2) is 4.98 Å². The van der Waals surface area contributed by atoms with Crippen LogP contribution in [0.15, 0.2) is 16.8 Å². The molecule has 0 bridgehead atoms. The zero-order valence-corrected chi connectivity index (χ0v) is 11.2. The summed E-state index contributed by atoms with van der Waals surface area (Å²) in [6, 6.07) is 1.79. The number of Topliss-reactive ketones (excluding diaryl/α,β-unsaturated/α-hetero) is 1. The Morgan fingerprint density at radius 1 is 1.47 bits per heavy atom. The van der Waals surface area contributed by atoms with Crippen molar-refractivity contribution in [2.24, 2.45) is 0 Å². The Morgan fingerprint density at radius 2 is 2.21 bits per heavy atom. The van der Waals surface area contributed by atoms with E-state index in [1.807, 2.05) is 13.8 Å². The van der Waals surface area contributed by atoms with Gasteiger partial charge in [0.05, 0.1) is 17.9 Å². The lowest BCUT2D eigenvalue weighted by Gasteiger charge is -2.08. The van der Waals surface area contributed by atoms with Crippen LogP contribution >= 0.6 is 0 Å². The number of aromatic nitrogens is 2. The molecule has 3 N–H and O–H groups in total. The molecular formula is C13H16N4O2. The summed E-state index contributed by atoms with van der Waals surface area (Å²) in [6.07, 6.45) is 1.69. The van der Waals surface area contributed by atoms with Gasteiger partial charge in [0.15, 0.2) is 0 Å². The normalized spacial score (nSPS) is 10.5. The van der Waals surface area contributed by atoms with E-state index in [4.69, 9.17) is 10.3 Å². The van der Waals surface area contributed by atoms with E-state index in [1.54, 1.807) is 12.3 Å². The molecule has 100 valence electrons. The Bertz CT molecular complexity index is 600. The highest BCUT2D eigenvalue weighted by Crippen LogP contribution is 2.29. The predicted octanol–water partition coefficient (Wildman–Crippen LogP) is 1.94. The molecule has 0 atom stereocenters. The molecular weight excluding hydrogens is 244 g/mol. The molecule has 0 saturated carbocycles.